The summed E-state index contributed by atoms with van der Waals surface area (Å²) >= 11 is 0. The monoisotopic (exact) mass is 279 g/mol. The van der Waals surface area contributed by atoms with Crippen molar-refractivity contribution in [3.63, 3.8) is 0 Å². The molecular formula is C6H5N3O8S-2. The molecule has 0 amide bonds. The highest BCUT2D eigenvalue weighted by Gasteiger charge is 2.23. The molecule has 0 radical (unpaired) electrons. The van der Waals surface area contributed by atoms with Gasteiger partial charge in [0.15, 0.2) is 0 Å². The van der Waals surface area contributed by atoms with E-state index in [1.54, 1.807) is 0 Å². The Morgan fingerprint density at radius 2 is 1.39 bits per heavy atom. The molecule has 0 aliphatic rings. The molecule has 1 rings (SSSR count). The summed E-state index contributed by atoms with van der Waals surface area (Å²) in [5.41, 5.74) is 4.21. The summed E-state index contributed by atoms with van der Waals surface area (Å²) < 4.78 is 34.1. The van der Waals surface area contributed by atoms with E-state index in [0.717, 1.165) is 12.1 Å². The van der Waals surface area contributed by atoms with Gasteiger partial charge in [-0.3, -0.25) is 28.6 Å². The lowest BCUT2D eigenvalue weighted by molar-refractivity contribution is -0.422. The van der Waals surface area contributed by atoms with Gasteiger partial charge in [-0.1, -0.05) is 0 Å². The van der Waals surface area contributed by atoms with E-state index in [4.69, 9.17) is 23.3 Å². The van der Waals surface area contributed by atoms with Gasteiger partial charge in [0.2, 0.25) is 0 Å². The standard InChI is InChI=1S/C6H5N3O4.H2O4S/c7-4-1-2-5(8(10)11)6(3-4)9(12)13;1-5(2,3)4/h1-3H,7H2;(H2,1,2,3,4)/p-2. The van der Waals surface area contributed by atoms with Crippen LogP contribution in [0.5, 0.6) is 0 Å². The van der Waals surface area contributed by atoms with E-state index in [0.29, 0.717) is 0 Å². The second-order valence-electron chi connectivity index (χ2n) is 2.67. The van der Waals surface area contributed by atoms with Gasteiger partial charge in [-0.2, -0.15) is 0 Å². The van der Waals surface area contributed by atoms with Gasteiger partial charge in [0.05, 0.1) is 9.85 Å². The van der Waals surface area contributed by atoms with Crippen molar-refractivity contribution in [2.45, 2.75) is 0 Å². The Morgan fingerprint density at radius 1 is 1.00 bits per heavy atom. The van der Waals surface area contributed by atoms with Crippen LogP contribution in [0.1, 0.15) is 0 Å². The van der Waals surface area contributed by atoms with Crippen LogP contribution in [0.4, 0.5) is 17.1 Å². The molecule has 0 atom stereocenters. The van der Waals surface area contributed by atoms with Crippen LogP contribution in [0, 0.1) is 20.2 Å². The van der Waals surface area contributed by atoms with Crippen molar-refractivity contribution < 1.29 is 27.4 Å². The molecule has 11 nitrogen and oxygen atoms in total. The first-order chi connectivity index (χ1) is 8.02. The van der Waals surface area contributed by atoms with Crippen LogP contribution in [0.2, 0.25) is 0 Å². The third-order valence-electron chi connectivity index (χ3n) is 1.39. The molecule has 100 valence electrons. The molecule has 0 saturated carbocycles. The number of nitrogens with two attached hydrogens (primary N) is 1. The number of benzene rings is 1. The summed E-state index contributed by atoms with van der Waals surface area (Å²) in [5.74, 6) is 0. The maximum Gasteiger partial charge on any atom is 0.348 e. The normalized spacial score (nSPS) is 10.1. The molecule has 0 fully saturated rings. The SMILES string of the molecule is Nc1ccc([N+](=O)[O-])c([N+](=O)[O-])c1.O=S(=O)([O-])[O-]. The summed E-state index contributed by atoms with van der Waals surface area (Å²) in [7, 11) is -5.17. The van der Waals surface area contributed by atoms with E-state index < -0.39 is 31.6 Å². The highest BCUT2D eigenvalue weighted by Crippen LogP contribution is 2.27. The predicted molar refractivity (Wildman–Crippen MR) is 54.6 cm³/mol. The fourth-order valence-electron chi connectivity index (χ4n) is 0.841. The molecule has 18 heavy (non-hydrogen) atoms. The molecule has 0 unspecified atom stereocenters. The van der Waals surface area contributed by atoms with E-state index in [-0.39, 0.29) is 5.69 Å². The molecule has 1 aromatic rings. The van der Waals surface area contributed by atoms with E-state index in [9.17, 15) is 20.2 Å². The largest absolute Gasteiger partial charge is 0.759 e. The fourth-order valence-corrected chi connectivity index (χ4v) is 0.841. The number of nitrogens with zero attached hydrogens (tertiary/aromatic N) is 2. The second-order valence-corrected chi connectivity index (χ2v) is 3.49. The fraction of sp³-hybridized carbons (Fsp3) is 0. The first-order valence-corrected chi connectivity index (χ1v) is 5.20. The molecule has 0 heterocycles. The lowest BCUT2D eigenvalue weighted by Gasteiger charge is -2.06. The van der Waals surface area contributed by atoms with Crippen LogP contribution in [0.3, 0.4) is 0 Å². The Balaban J connectivity index is 0.000000494. The smallest absolute Gasteiger partial charge is 0.348 e. The van der Waals surface area contributed by atoms with Crippen LogP contribution in [0.25, 0.3) is 0 Å². The van der Waals surface area contributed by atoms with E-state index >= 15 is 0 Å². The average Bonchev–Trinajstić information content (AvgIpc) is 2.14. The van der Waals surface area contributed by atoms with Crippen molar-refractivity contribution >= 4 is 27.5 Å². The Bertz CT molecular complexity index is 560. The molecule has 0 aliphatic carbocycles. The number of nitro benzene ring substituents is 2. The second kappa shape index (κ2) is 5.85. The summed E-state index contributed by atoms with van der Waals surface area (Å²) in [4.78, 5) is 19.0. The zero-order chi connectivity index (χ0) is 14.5. The maximum atomic E-state index is 10.3. The number of anilines is 1. The lowest BCUT2D eigenvalue weighted by atomic mass is 10.2. The van der Waals surface area contributed by atoms with Crippen molar-refractivity contribution in [3.8, 4) is 0 Å². The molecule has 1 aromatic carbocycles. The van der Waals surface area contributed by atoms with Crippen molar-refractivity contribution in [1.29, 1.82) is 0 Å². The van der Waals surface area contributed by atoms with Crippen LogP contribution in [-0.4, -0.2) is 27.4 Å². The van der Waals surface area contributed by atoms with Gasteiger partial charge in [0.1, 0.15) is 0 Å². The van der Waals surface area contributed by atoms with E-state index in [2.05, 4.69) is 0 Å². The Hall–Kier alpha value is -2.31. The first-order valence-electron chi connectivity index (χ1n) is 3.87. The Kier molecular flexibility index (Phi) is 5.10. The van der Waals surface area contributed by atoms with Crippen molar-refractivity contribution in [1.82, 2.24) is 0 Å². The number of hydrogen-bond acceptors (Lipinski definition) is 9. The van der Waals surface area contributed by atoms with Gasteiger partial charge < -0.3 is 14.8 Å². The third-order valence-corrected chi connectivity index (χ3v) is 1.39. The minimum absolute atomic E-state index is 0.123. The number of nitro groups is 2. The molecule has 0 aliphatic heterocycles. The van der Waals surface area contributed by atoms with Crippen LogP contribution < -0.4 is 5.73 Å². The van der Waals surface area contributed by atoms with E-state index in [1.165, 1.54) is 6.07 Å². The summed E-state index contributed by atoms with van der Waals surface area (Å²) in [6.45, 7) is 0. The van der Waals surface area contributed by atoms with Crippen molar-refractivity contribution in [2.75, 3.05) is 5.73 Å². The Labute approximate surface area is 99.7 Å². The number of nitrogen functional groups attached to an aromatic ring is 1. The number of rotatable bonds is 2. The number of hydrogen-bond donors (Lipinski definition) is 1. The lowest BCUT2D eigenvalue weighted by Crippen LogP contribution is -1.97. The third kappa shape index (κ3) is 6.31. The van der Waals surface area contributed by atoms with Gasteiger partial charge in [-0.25, -0.2) is 0 Å². The zero-order valence-electron chi connectivity index (χ0n) is 8.38. The van der Waals surface area contributed by atoms with Gasteiger partial charge in [-0.05, 0) is 6.07 Å². The Morgan fingerprint density at radius 3 is 1.72 bits per heavy atom. The van der Waals surface area contributed by atoms with Crippen LogP contribution in [0.15, 0.2) is 18.2 Å². The average molecular weight is 279 g/mol. The molecule has 12 heteroatoms. The molecular weight excluding hydrogens is 274 g/mol. The van der Waals surface area contributed by atoms with Crippen LogP contribution >= 0.6 is 0 Å². The summed E-state index contributed by atoms with van der Waals surface area (Å²) in [6.07, 6.45) is 0. The zero-order valence-corrected chi connectivity index (χ0v) is 9.19. The highest BCUT2D eigenvalue weighted by atomic mass is 32.3. The van der Waals surface area contributed by atoms with Gasteiger partial charge in [0, 0.05) is 28.2 Å². The molecule has 0 spiro atoms. The minimum atomic E-state index is -5.17. The van der Waals surface area contributed by atoms with Gasteiger partial charge >= 0.3 is 11.4 Å². The van der Waals surface area contributed by atoms with E-state index in [1.807, 2.05) is 0 Å². The topological polar surface area (TPSA) is 193 Å². The summed E-state index contributed by atoms with van der Waals surface area (Å²) in [6, 6.07) is 3.21. The molecule has 0 bridgehead atoms. The summed E-state index contributed by atoms with van der Waals surface area (Å²) in [5, 5.41) is 20.6. The van der Waals surface area contributed by atoms with Crippen LogP contribution in [-0.2, 0) is 10.4 Å². The predicted octanol–water partition coefficient (Wildman–Crippen LogP) is -0.253. The van der Waals surface area contributed by atoms with Crippen molar-refractivity contribution in [2.24, 2.45) is 0 Å². The highest BCUT2D eigenvalue weighted by molar-refractivity contribution is 7.79. The molecule has 0 aromatic heterocycles. The maximum absolute atomic E-state index is 10.3. The molecule has 0 saturated heterocycles. The van der Waals surface area contributed by atoms with Crippen molar-refractivity contribution in [3.05, 3.63) is 38.4 Å². The minimum Gasteiger partial charge on any atom is -0.759 e. The van der Waals surface area contributed by atoms with Gasteiger partial charge in [-0.15, -0.1) is 0 Å². The first kappa shape index (κ1) is 15.7. The molecule has 2 N–H and O–H groups in total. The quantitative estimate of drug-likeness (QED) is 0.249. The van der Waals surface area contributed by atoms with Gasteiger partial charge in [0.25, 0.3) is 0 Å².